The van der Waals surface area contributed by atoms with Crippen LogP contribution in [0.1, 0.15) is 25.6 Å². The van der Waals surface area contributed by atoms with Crippen LogP contribution in [-0.2, 0) is 11.3 Å². The minimum atomic E-state index is 0.158. The topological polar surface area (TPSA) is 50.2 Å². The summed E-state index contributed by atoms with van der Waals surface area (Å²) < 4.78 is 1.92. The summed E-state index contributed by atoms with van der Waals surface area (Å²) in [6.45, 7) is 6.90. The molecule has 16 heavy (non-hydrogen) atoms. The standard InChI is InChI=1S/C11H18N4O/c1-9(2)15-5-3-10(13-15)8-14-6-4-12-7-11(14)16/h3,5,9,12H,4,6-8H2,1-2H3. The number of hydrogen-bond acceptors (Lipinski definition) is 3. The van der Waals surface area contributed by atoms with Crippen molar-refractivity contribution in [2.45, 2.75) is 26.4 Å². The van der Waals surface area contributed by atoms with Gasteiger partial charge in [-0.25, -0.2) is 0 Å². The minimum absolute atomic E-state index is 0.158. The number of hydrogen-bond donors (Lipinski definition) is 1. The van der Waals surface area contributed by atoms with E-state index in [1.807, 2.05) is 21.8 Å². The van der Waals surface area contributed by atoms with E-state index in [9.17, 15) is 4.79 Å². The molecule has 0 aliphatic carbocycles. The van der Waals surface area contributed by atoms with Gasteiger partial charge in [-0.15, -0.1) is 0 Å². The van der Waals surface area contributed by atoms with Gasteiger partial charge < -0.3 is 10.2 Å². The van der Waals surface area contributed by atoms with Gasteiger partial charge in [0.15, 0.2) is 0 Å². The fraction of sp³-hybridized carbons (Fsp3) is 0.636. The fourth-order valence-electron chi connectivity index (χ4n) is 1.76. The molecule has 0 aromatic carbocycles. The van der Waals surface area contributed by atoms with Gasteiger partial charge in [-0.2, -0.15) is 5.10 Å². The number of nitrogens with zero attached hydrogens (tertiary/aromatic N) is 3. The van der Waals surface area contributed by atoms with Crippen molar-refractivity contribution in [1.29, 1.82) is 0 Å². The first-order valence-electron chi connectivity index (χ1n) is 5.69. The van der Waals surface area contributed by atoms with E-state index < -0.39 is 0 Å². The van der Waals surface area contributed by atoms with Crippen LogP contribution in [0.2, 0.25) is 0 Å². The summed E-state index contributed by atoms with van der Waals surface area (Å²) in [7, 11) is 0. The zero-order chi connectivity index (χ0) is 11.5. The quantitative estimate of drug-likeness (QED) is 0.805. The Kier molecular flexibility index (Phi) is 3.24. The molecule has 1 fully saturated rings. The maximum Gasteiger partial charge on any atom is 0.236 e. The molecule has 1 aromatic rings. The molecule has 2 rings (SSSR count). The van der Waals surface area contributed by atoms with Crippen molar-refractivity contribution >= 4 is 5.91 Å². The molecule has 1 saturated heterocycles. The van der Waals surface area contributed by atoms with E-state index >= 15 is 0 Å². The van der Waals surface area contributed by atoms with E-state index in [4.69, 9.17) is 0 Å². The molecule has 1 aliphatic rings. The lowest BCUT2D eigenvalue weighted by atomic mass is 10.3. The van der Waals surface area contributed by atoms with E-state index in [1.165, 1.54) is 0 Å². The summed E-state index contributed by atoms with van der Waals surface area (Å²) in [6.07, 6.45) is 1.96. The van der Waals surface area contributed by atoms with Gasteiger partial charge >= 0.3 is 0 Å². The number of amides is 1. The number of aromatic nitrogens is 2. The van der Waals surface area contributed by atoms with Crippen molar-refractivity contribution in [1.82, 2.24) is 20.0 Å². The predicted octanol–water partition coefficient (Wildman–Crippen LogP) is 0.396. The van der Waals surface area contributed by atoms with Crippen LogP contribution in [0.5, 0.6) is 0 Å². The number of nitrogens with one attached hydrogen (secondary N) is 1. The number of rotatable bonds is 3. The molecule has 5 nitrogen and oxygen atoms in total. The highest BCUT2D eigenvalue weighted by Crippen LogP contribution is 2.07. The largest absolute Gasteiger partial charge is 0.334 e. The van der Waals surface area contributed by atoms with E-state index in [0.717, 1.165) is 18.8 Å². The highest BCUT2D eigenvalue weighted by Gasteiger charge is 2.18. The lowest BCUT2D eigenvalue weighted by Crippen LogP contribution is -2.47. The molecule has 88 valence electrons. The summed E-state index contributed by atoms with van der Waals surface area (Å²) >= 11 is 0. The van der Waals surface area contributed by atoms with Gasteiger partial charge in [0.25, 0.3) is 0 Å². The number of carbonyl (C=O) groups is 1. The Morgan fingerprint density at radius 1 is 1.56 bits per heavy atom. The predicted molar refractivity (Wildman–Crippen MR) is 60.9 cm³/mol. The highest BCUT2D eigenvalue weighted by molar-refractivity contribution is 5.78. The van der Waals surface area contributed by atoms with E-state index in [0.29, 0.717) is 19.1 Å². The van der Waals surface area contributed by atoms with Crippen molar-refractivity contribution < 1.29 is 4.79 Å². The van der Waals surface area contributed by atoms with E-state index in [-0.39, 0.29) is 5.91 Å². The maximum absolute atomic E-state index is 11.6. The zero-order valence-electron chi connectivity index (χ0n) is 9.81. The van der Waals surface area contributed by atoms with Crippen LogP contribution in [-0.4, -0.2) is 40.2 Å². The monoisotopic (exact) mass is 222 g/mol. The number of piperazine rings is 1. The first-order chi connectivity index (χ1) is 7.66. The third-order valence-corrected chi connectivity index (χ3v) is 2.73. The molecule has 1 aliphatic heterocycles. The van der Waals surface area contributed by atoms with Crippen LogP contribution < -0.4 is 5.32 Å². The van der Waals surface area contributed by atoms with Crippen LogP contribution in [0.4, 0.5) is 0 Å². The Hall–Kier alpha value is -1.36. The minimum Gasteiger partial charge on any atom is -0.334 e. The van der Waals surface area contributed by atoms with Gasteiger partial charge in [0.05, 0.1) is 18.8 Å². The second-order valence-electron chi connectivity index (χ2n) is 4.37. The van der Waals surface area contributed by atoms with Gasteiger partial charge in [-0.05, 0) is 19.9 Å². The molecule has 1 aromatic heterocycles. The van der Waals surface area contributed by atoms with Gasteiger partial charge in [0.1, 0.15) is 0 Å². The summed E-state index contributed by atoms with van der Waals surface area (Å²) in [6, 6.07) is 2.35. The maximum atomic E-state index is 11.6. The highest BCUT2D eigenvalue weighted by atomic mass is 16.2. The molecule has 1 N–H and O–H groups in total. The fourth-order valence-corrected chi connectivity index (χ4v) is 1.76. The second kappa shape index (κ2) is 4.65. The van der Waals surface area contributed by atoms with E-state index in [2.05, 4.69) is 24.3 Å². The second-order valence-corrected chi connectivity index (χ2v) is 4.37. The Morgan fingerprint density at radius 2 is 2.38 bits per heavy atom. The Balaban J connectivity index is 1.99. The summed E-state index contributed by atoms with van der Waals surface area (Å²) in [4.78, 5) is 13.4. The Bertz CT molecular complexity index is 372. The average Bonchev–Trinajstić information content (AvgIpc) is 2.70. The molecule has 0 atom stereocenters. The summed E-state index contributed by atoms with van der Waals surface area (Å²) in [5, 5.41) is 7.50. The van der Waals surface area contributed by atoms with Crippen molar-refractivity contribution in [3.8, 4) is 0 Å². The molecule has 0 spiro atoms. The molecule has 2 heterocycles. The summed E-state index contributed by atoms with van der Waals surface area (Å²) in [5.41, 5.74) is 0.962. The molecular weight excluding hydrogens is 204 g/mol. The number of carbonyl (C=O) groups excluding carboxylic acids is 1. The summed E-state index contributed by atoms with van der Waals surface area (Å²) in [5.74, 6) is 0.158. The third kappa shape index (κ3) is 2.41. The zero-order valence-corrected chi connectivity index (χ0v) is 9.81. The first-order valence-corrected chi connectivity index (χ1v) is 5.69. The molecule has 0 radical (unpaired) electrons. The van der Waals surface area contributed by atoms with Crippen molar-refractivity contribution in [2.75, 3.05) is 19.6 Å². The van der Waals surface area contributed by atoms with Crippen molar-refractivity contribution in [2.24, 2.45) is 0 Å². The normalized spacial score (nSPS) is 17.2. The SMILES string of the molecule is CC(C)n1ccc(CN2CCNCC2=O)n1. The van der Waals surface area contributed by atoms with Gasteiger partial charge in [-0.1, -0.05) is 0 Å². The molecule has 0 saturated carbocycles. The third-order valence-electron chi connectivity index (χ3n) is 2.73. The molecule has 1 amide bonds. The molecule has 5 heteroatoms. The van der Waals surface area contributed by atoms with Crippen LogP contribution >= 0.6 is 0 Å². The average molecular weight is 222 g/mol. The van der Waals surface area contributed by atoms with Gasteiger partial charge in [0.2, 0.25) is 5.91 Å². The molecule has 0 unspecified atom stereocenters. The Morgan fingerprint density at radius 3 is 3.00 bits per heavy atom. The lowest BCUT2D eigenvalue weighted by molar-refractivity contribution is -0.132. The smallest absolute Gasteiger partial charge is 0.236 e. The molecule has 0 bridgehead atoms. The van der Waals surface area contributed by atoms with E-state index in [1.54, 1.807) is 0 Å². The van der Waals surface area contributed by atoms with Crippen molar-refractivity contribution in [3.63, 3.8) is 0 Å². The van der Waals surface area contributed by atoms with Gasteiger partial charge in [-0.3, -0.25) is 9.48 Å². The van der Waals surface area contributed by atoms with Crippen LogP contribution in [0, 0.1) is 0 Å². The van der Waals surface area contributed by atoms with Crippen molar-refractivity contribution in [3.05, 3.63) is 18.0 Å². The van der Waals surface area contributed by atoms with Crippen LogP contribution in [0.25, 0.3) is 0 Å². The Labute approximate surface area is 95.4 Å². The first kappa shape index (κ1) is 11.1. The van der Waals surface area contributed by atoms with Crippen LogP contribution in [0.3, 0.4) is 0 Å². The lowest BCUT2D eigenvalue weighted by Gasteiger charge is -2.26. The van der Waals surface area contributed by atoms with Gasteiger partial charge in [0, 0.05) is 25.3 Å². The molecular formula is C11H18N4O. The van der Waals surface area contributed by atoms with Crippen LogP contribution in [0.15, 0.2) is 12.3 Å².